The van der Waals surface area contributed by atoms with Crippen molar-refractivity contribution >= 4 is 27.3 Å². The number of hydrogen-bond acceptors (Lipinski definition) is 1. The van der Waals surface area contributed by atoms with Crippen LogP contribution < -0.4 is 0 Å². The van der Waals surface area contributed by atoms with E-state index in [2.05, 4.69) is 64.8 Å². The van der Waals surface area contributed by atoms with Crippen LogP contribution in [0.2, 0.25) is 0 Å². The maximum atomic E-state index is 3.78. The molecule has 16 heavy (non-hydrogen) atoms. The molecular weight excluding hydrogens is 280 g/mol. The molecule has 0 N–H and O–H groups in total. The third-order valence-electron chi connectivity index (χ3n) is 2.60. The van der Waals surface area contributed by atoms with E-state index in [-0.39, 0.29) is 0 Å². The Balaban J connectivity index is 2.17. The van der Waals surface area contributed by atoms with E-state index >= 15 is 0 Å². The minimum absolute atomic E-state index is 0.417. The number of aryl methyl sites for hydroxylation is 2. The van der Waals surface area contributed by atoms with E-state index in [1.165, 1.54) is 22.3 Å². The molecule has 0 fully saturated rings. The van der Waals surface area contributed by atoms with Crippen LogP contribution in [0.4, 0.5) is 0 Å². The van der Waals surface area contributed by atoms with Gasteiger partial charge >= 0.3 is 0 Å². The molecular formula is C14H15BrS. The van der Waals surface area contributed by atoms with Gasteiger partial charge in [0, 0.05) is 4.83 Å². The van der Waals surface area contributed by atoms with E-state index in [1.807, 2.05) is 0 Å². The van der Waals surface area contributed by atoms with Gasteiger partial charge in [0.05, 0.1) is 0 Å². The average Bonchev–Trinajstić information content (AvgIpc) is 2.68. The molecule has 84 valence electrons. The van der Waals surface area contributed by atoms with Crippen LogP contribution in [-0.2, 0) is 6.42 Å². The van der Waals surface area contributed by atoms with Crippen molar-refractivity contribution in [3.63, 3.8) is 0 Å². The van der Waals surface area contributed by atoms with Crippen LogP contribution in [-0.4, -0.2) is 0 Å². The Bertz CT molecular complexity index is 439. The summed E-state index contributed by atoms with van der Waals surface area (Å²) in [5.74, 6) is 0. The minimum atomic E-state index is 0.417. The summed E-state index contributed by atoms with van der Waals surface area (Å²) in [6.07, 6.45) is 1.06. The van der Waals surface area contributed by atoms with Crippen LogP contribution in [0.25, 0.3) is 0 Å². The smallest absolute Gasteiger partial charge is 0.0436 e. The molecule has 1 unspecified atom stereocenters. The molecule has 0 aliphatic heterocycles. The Morgan fingerprint density at radius 1 is 1.19 bits per heavy atom. The molecule has 0 saturated carbocycles. The summed E-state index contributed by atoms with van der Waals surface area (Å²) < 4.78 is 0. The molecule has 2 aromatic rings. The van der Waals surface area contributed by atoms with Gasteiger partial charge in [0.1, 0.15) is 0 Å². The molecule has 0 amide bonds. The van der Waals surface area contributed by atoms with Gasteiger partial charge in [-0.3, -0.25) is 0 Å². The van der Waals surface area contributed by atoms with E-state index in [9.17, 15) is 0 Å². The van der Waals surface area contributed by atoms with Crippen LogP contribution >= 0.6 is 27.3 Å². The van der Waals surface area contributed by atoms with E-state index in [0.717, 1.165) is 6.42 Å². The highest BCUT2D eigenvalue weighted by Gasteiger charge is 2.09. The minimum Gasteiger partial charge on any atom is -0.152 e. The van der Waals surface area contributed by atoms with Crippen LogP contribution in [0.3, 0.4) is 0 Å². The largest absolute Gasteiger partial charge is 0.152 e. The Labute approximate surface area is 109 Å². The van der Waals surface area contributed by atoms with Crippen molar-refractivity contribution in [2.45, 2.75) is 25.1 Å². The van der Waals surface area contributed by atoms with Gasteiger partial charge in [0.15, 0.2) is 0 Å². The van der Waals surface area contributed by atoms with Crippen LogP contribution in [0.5, 0.6) is 0 Å². The summed E-state index contributed by atoms with van der Waals surface area (Å²) in [6.45, 7) is 4.31. The molecule has 1 heterocycles. The first-order chi connectivity index (χ1) is 7.65. The first kappa shape index (κ1) is 11.9. The summed E-state index contributed by atoms with van der Waals surface area (Å²) in [7, 11) is 0. The van der Waals surface area contributed by atoms with Gasteiger partial charge in [-0.15, -0.1) is 0 Å². The molecule has 0 spiro atoms. The van der Waals surface area contributed by atoms with Crippen molar-refractivity contribution in [3.05, 3.63) is 57.3 Å². The lowest BCUT2D eigenvalue weighted by Gasteiger charge is -2.11. The SMILES string of the molecule is Cc1cc(C)cc(C(Br)Cc2ccsc2)c1. The Morgan fingerprint density at radius 3 is 2.44 bits per heavy atom. The van der Waals surface area contributed by atoms with Crippen molar-refractivity contribution in [1.29, 1.82) is 0 Å². The molecule has 1 atom stereocenters. The van der Waals surface area contributed by atoms with Crippen LogP contribution in [0.1, 0.15) is 27.1 Å². The summed E-state index contributed by atoms with van der Waals surface area (Å²) >= 11 is 5.54. The van der Waals surface area contributed by atoms with Crippen molar-refractivity contribution in [1.82, 2.24) is 0 Å². The lowest BCUT2D eigenvalue weighted by atomic mass is 10.0. The molecule has 2 heteroatoms. The molecule has 0 aliphatic rings. The summed E-state index contributed by atoms with van der Waals surface area (Å²) in [4.78, 5) is 0.417. The maximum absolute atomic E-state index is 3.78. The number of hydrogen-bond donors (Lipinski definition) is 0. The molecule has 2 rings (SSSR count). The maximum Gasteiger partial charge on any atom is 0.0436 e. The van der Waals surface area contributed by atoms with Crippen molar-refractivity contribution < 1.29 is 0 Å². The Hall–Kier alpha value is -0.600. The van der Waals surface area contributed by atoms with Crippen molar-refractivity contribution in [3.8, 4) is 0 Å². The predicted octanol–water partition coefficient (Wildman–Crippen LogP) is 5.04. The molecule has 0 nitrogen and oxygen atoms in total. The number of alkyl halides is 1. The summed E-state index contributed by atoms with van der Waals surface area (Å²) in [5, 5.41) is 4.35. The molecule has 1 aromatic carbocycles. The van der Waals surface area contributed by atoms with E-state index in [4.69, 9.17) is 0 Å². The number of rotatable bonds is 3. The standard InChI is InChI=1S/C14H15BrS/c1-10-5-11(2)7-13(6-10)14(15)8-12-3-4-16-9-12/h3-7,9,14H,8H2,1-2H3. The van der Waals surface area contributed by atoms with Gasteiger partial charge in [0.25, 0.3) is 0 Å². The van der Waals surface area contributed by atoms with Crippen molar-refractivity contribution in [2.75, 3.05) is 0 Å². The van der Waals surface area contributed by atoms with Gasteiger partial charge in [-0.25, -0.2) is 0 Å². The first-order valence-corrected chi connectivity index (χ1v) is 7.24. The zero-order valence-electron chi connectivity index (χ0n) is 9.53. The predicted molar refractivity (Wildman–Crippen MR) is 75.6 cm³/mol. The fourth-order valence-corrected chi connectivity index (χ4v) is 3.24. The van der Waals surface area contributed by atoms with Crippen molar-refractivity contribution in [2.24, 2.45) is 0 Å². The highest BCUT2D eigenvalue weighted by atomic mass is 79.9. The van der Waals surface area contributed by atoms with Gasteiger partial charge in [-0.05, 0) is 48.2 Å². The number of benzene rings is 1. The molecule has 1 aromatic heterocycles. The molecule has 0 bridgehead atoms. The average molecular weight is 295 g/mol. The highest BCUT2D eigenvalue weighted by molar-refractivity contribution is 9.09. The fourth-order valence-electron chi connectivity index (χ4n) is 1.92. The zero-order chi connectivity index (χ0) is 11.5. The van der Waals surface area contributed by atoms with Crippen LogP contribution in [0, 0.1) is 13.8 Å². The second-order valence-electron chi connectivity index (χ2n) is 4.22. The highest BCUT2D eigenvalue weighted by Crippen LogP contribution is 2.29. The number of halogens is 1. The van der Waals surface area contributed by atoms with Crippen LogP contribution in [0.15, 0.2) is 35.0 Å². The van der Waals surface area contributed by atoms with E-state index < -0.39 is 0 Å². The number of thiophene rings is 1. The topological polar surface area (TPSA) is 0 Å². The molecule has 0 radical (unpaired) electrons. The van der Waals surface area contributed by atoms with Gasteiger partial charge < -0.3 is 0 Å². The second-order valence-corrected chi connectivity index (χ2v) is 6.11. The van der Waals surface area contributed by atoms with E-state index in [0.29, 0.717) is 4.83 Å². The molecule has 0 aliphatic carbocycles. The lowest BCUT2D eigenvalue weighted by Crippen LogP contribution is -1.95. The van der Waals surface area contributed by atoms with Gasteiger partial charge in [0.2, 0.25) is 0 Å². The molecule has 0 saturated heterocycles. The zero-order valence-corrected chi connectivity index (χ0v) is 11.9. The normalized spacial score (nSPS) is 12.7. The third kappa shape index (κ3) is 2.96. The lowest BCUT2D eigenvalue weighted by molar-refractivity contribution is 0.949. The fraction of sp³-hybridized carbons (Fsp3) is 0.286. The van der Waals surface area contributed by atoms with E-state index in [1.54, 1.807) is 11.3 Å². The second kappa shape index (κ2) is 5.15. The monoisotopic (exact) mass is 294 g/mol. The summed E-state index contributed by atoms with van der Waals surface area (Å²) in [5.41, 5.74) is 5.46. The summed E-state index contributed by atoms with van der Waals surface area (Å²) in [6, 6.07) is 8.94. The first-order valence-electron chi connectivity index (χ1n) is 5.38. The third-order valence-corrected chi connectivity index (χ3v) is 4.19. The van der Waals surface area contributed by atoms with Gasteiger partial charge in [-0.1, -0.05) is 45.3 Å². The quantitative estimate of drug-likeness (QED) is 0.696. The Morgan fingerprint density at radius 2 is 1.88 bits per heavy atom. The van der Waals surface area contributed by atoms with Gasteiger partial charge in [-0.2, -0.15) is 11.3 Å². The Kier molecular flexibility index (Phi) is 3.82.